The maximum atomic E-state index is 3.57. The van der Waals surface area contributed by atoms with Crippen molar-refractivity contribution in [3.63, 3.8) is 0 Å². The molecule has 3 rings (SSSR count). The molecule has 0 radical (unpaired) electrons. The van der Waals surface area contributed by atoms with Gasteiger partial charge in [0.25, 0.3) is 0 Å². The summed E-state index contributed by atoms with van der Waals surface area (Å²) in [7, 11) is 2.29. The minimum atomic E-state index is 0.681. The van der Waals surface area contributed by atoms with Crippen LogP contribution in [-0.2, 0) is 12.8 Å². The molecule has 1 heterocycles. The molecule has 104 valence electrons. The highest BCUT2D eigenvalue weighted by Crippen LogP contribution is 2.36. The van der Waals surface area contributed by atoms with E-state index < -0.39 is 0 Å². The van der Waals surface area contributed by atoms with Gasteiger partial charge in [-0.25, -0.2) is 0 Å². The Balaban J connectivity index is 1.89. The van der Waals surface area contributed by atoms with Crippen LogP contribution < -0.4 is 5.32 Å². The Bertz CT molecular complexity index is 441. The van der Waals surface area contributed by atoms with Crippen LogP contribution in [0.1, 0.15) is 42.4 Å². The number of hydrogen-bond acceptors (Lipinski definition) is 2. The number of aryl methyl sites for hydroxylation is 2. The van der Waals surface area contributed by atoms with E-state index >= 15 is 0 Å². The zero-order valence-electron chi connectivity index (χ0n) is 12.3. The van der Waals surface area contributed by atoms with E-state index in [1.54, 1.807) is 11.1 Å². The van der Waals surface area contributed by atoms with Gasteiger partial charge in [0.2, 0.25) is 0 Å². The highest BCUT2D eigenvalue weighted by molar-refractivity contribution is 5.37. The first kappa shape index (κ1) is 13.1. The SMILES string of the molecule is CCc1ccc2c(c1)CCCC2C1CNCCN1C. The summed E-state index contributed by atoms with van der Waals surface area (Å²) >= 11 is 0. The minimum Gasteiger partial charge on any atom is -0.314 e. The van der Waals surface area contributed by atoms with Gasteiger partial charge in [0, 0.05) is 31.6 Å². The molecule has 2 aliphatic rings. The standard InChI is InChI=1S/C17H26N2/c1-3-13-7-8-15-14(11-13)5-4-6-16(15)17-12-18-9-10-19(17)2/h7-8,11,16-18H,3-6,9-10,12H2,1-2H3. The fourth-order valence-electron chi connectivity index (χ4n) is 3.80. The van der Waals surface area contributed by atoms with E-state index in [2.05, 4.69) is 42.4 Å². The molecule has 1 saturated heterocycles. The third kappa shape index (κ3) is 2.56. The van der Waals surface area contributed by atoms with Crippen LogP contribution in [0.2, 0.25) is 0 Å². The normalized spacial score (nSPS) is 28.1. The van der Waals surface area contributed by atoms with Gasteiger partial charge in [-0.2, -0.15) is 0 Å². The molecule has 2 nitrogen and oxygen atoms in total. The molecular weight excluding hydrogens is 232 g/mol. The lowest BCUT2D eigenvalue weighted by molar-refractivity contribution is 0.164. The summed E-state index contributed by atoms with van der Waals surface area (Å²) < 4.78 is 0. The molecule has 19 heavy (non-hydrogen) atoms. The van der Waals surface area contributed by atoms with Crippen molar-refractivity contribution in [2.24, 2.45) is 0 Å². The van der Waals surface area contributed by atoms with Crippen LogP contribution in [-0.4, -0.2) is 37.6 Å². The molecule has 1 aliphatic carbocycles. The Hall–Kier alpha value is -0.860. The third-order valence-corrected chi connectivity index (χ3v) is 5.00. The predicted molar refractivity (Wildman–Crippen MR) is 80.8 cm³/mol. The van der Waals surface area contributed by atoms with Gasteiger partial charge in [-0.1, -0.05) is 25.1 Å². The Morgan fingerprint density at radius 2 is 2.26 bits per heavy atom. The molecule has 2 atom stereocenters. The number of fused-ring (bicyclic) bond motifs is 1. The second-order valence-electron chi connectivity index (χ2n) is 6.14. The molecule has 2 heteroatoms. The van der Waals surface area contributed by atoms with Crippen molar-refractivity contribution in [3.05, 3.63) is 34.9 Å². The maximum absolute atomic E-state index is 3.57. The lowest BCUT2D eigenvalue weighted by Crippen LogP contribution is -2.52. The highest BCUT2D eigenvalue weighted by Gasteiger charge is 2.31. The average Bonchev–Trinajstić information content (AvgIpc) is 2.46. The molecule has 0 aromatic heterocycles. The van der Waals surface area contributed by atoms with Crippen LogP contribution in [0, 0.1) is 0 Å². The van der Waals surface area contributed by atoms with E-state index in [1.165, 1.54) is 31.4 Å². The summed E-state index contributed by atoms with van der Waals surface area (Å²) in [6.45, 7) is 5.72. The lowest BCUT2D eigenvalue weighted by atomic mass is 9.77. The Labute approximate surface area is 117 Å². The average molecular weight is 258 g/mol. The molecule has 1 aromatic rings. The Morgan fingerprint density at radius 3 is 3.05 bits per heavy atom. The van der Waals surface area contributed by atoms with Crippen LogP contribution in [0.25, 0.3) is 0 Å². The molecule has 1 N–H and O–H groups in total. The van der Waals surface area contributed by atoms with Gasteiger partial charge < -0.3 is 10.2 Å². The predicted octanol–water partition coefficient (Wildman–Crippen LogP) is 2.57. The summed E-state index contributed by atoms with van der Waals surface area (Å²) in [6.07, 6.45) is 5.15. The fourth-order valence-corrected chi connectivity index (χ4v) is 3.80. The first-order valence-electron chi connectivity index (χ1n) is 7.82. The van der Waals surface area contributed by atoms with Gasteiger partial charge in [-0.05, 0) is 49.4 Å². The number of nitrogens with one attached hydrogen (secondary N) is 1. The van der Waals surface area contributed by atoms with Crippen LogP contribution in [0.5, 0.6) is 0 Å². The zero-order valence-corrected chi connectivity index (χ0v) is 12.3. The first-order chi connectivity index (χ1) is 9.29. The summed E-state index contributed by atoms with van der Waals surface area (Å²) in [5.41, 5.74) is 4.74. The van der Waals surface area contributed by atoms with Gasteiger partial charge in [0.05, 0.1) is 0 Å². The van der Waals surface area contributed by atoms with Crippen molar-refractivity contribution in [2.75, 3.05) is 26.7 Å². The van der Waals surface area contributed by atoms with Gasteiger partial charge >= 0.3 is 0 Å². The molecular formula is C17H26N2. The minimum absolute atomic E-state index is 0.681. The topological polar surface area (TPSA) is 15.3 Å². The molecule has 0 amide bonds. The van der Waals surface area contributed by atoms with Crippen molar-refractivity contribution < 1.29 is 0 Å². The Kier molecular flexibility index (Phi) is 3.90. The van der Waals surface area contributed by atoms with Crippen molar-refractivity contribution in [2.45, 2.75) is 44.6 Å². The second-order valence-corrected chi connectivity index (χ2v) is 6.14. The van der Waals surface area contributed by atoms with Gasteiger partial charge in [-0.15, -0.1) is 0 Å². The van der Waals surface area contributed by atoms with E-state index in [4.69, 9.17) is 0 Å². The van der Waals surface area contributed by atoms with E-state index in [0.29, 0.717) is 6.04 Å². The molecule has 0 saturated carbocycles. The van der Waals surface area contributed by atoms with Gasteiger partial charge in [-0.3, -0.25) is 0 Å². The number of benzene rings is 1. The van der Waals surface area contributed by atoms with Crippen molar-refractivity contribution in [1.82, 2.24) is 10.2 Å². The molecule has 0 spiro atoms. The highest BCUT2D eigenvalue weighted by atomic mass is 15.2. The molecule has 1 fully saturated rings. The third-order valence-electron chi connectivity index (χ3n) is 5.00. The molecule has 1 aromatic carbocycles. The van der Waals surface area contributed by atoms with Crippen molar-refractivity contribution in [3.8, 4) is 0 Å². The summed E-state index contributed by atoms with van der Waals surface area (Å²) in [5.74, 6) is 0.729. The van der Waals surface area contributed by atoms with Crippen LogP contribution >= 0.6 is 0 Å². The van der Waals surface area contributed by atoms with Crippen LogP contribution in [0.3, 0.4) is 0 Å². The summed E-state index contributed by atoms with van der Waals surface area (Å²) in [6, 6.07) is 7.89. The van der Waals surface area contributed by atoms with E-state index in [0.717, 1.165) is 25.4 Å². The molecule has 1 aliphatic heterocycles. The number of piperazine rings is 1. The molecule has 2 unspecified atom stereocenters. The zero-order chi connectivity index (χ0) is 13.2. The summed E-state index contributed by atoms with van der Waals surface area (Å²) in [5, 5.41) is 3.57. The smallest absolute Gasteiger partial charge is 0.0286 e. The fraction of sp³-hybridized carbons (Fsp3) is 0.647. The van der Waals surface area contributed by atoms with Crippen molar-refractivity contribution >= 4 is 0 Å². The number of rotatable bonds is 2. The van der Waals surface area contributed by atoms with E-state index in [1.807, 2.05) is 0 Å². The lowest BCUT2D eigenvalue weighted by Gasteiger charge is -2.41. The van der Waals surface area contributed by atoms with Gasteiger partial charge in [0.15, 0.2) is 0 Å². The Morgan fingerprint density at radius 1 is 1.37 bits per heavy atom. The van der Waals surface area contributed by atoms with Crippen molar-refractivity contribution in [1.29, 1.82) is 0 Å². The van der Waals surface area contributed by atoms with Crippen LogP contribution in [0.4, 0.5) is 0 Å². The molecule has 0 bridgehead atoms. The first-order valence-corrected chi connectivity index (χ1v) is 7.82. The van der Waals surface area contributed by atoms with E-state index in [9.17, 15) is 0 Å². The maximum Gasteiger partial charge on any atom is 0.0286 e. The largest absolute Gasteiger partial charge is 0.314 e. The van der Waals surface area contributed by atoms with Crippen LogP contribution in [0.15, 0.2) is 18.2 Å². The number of hydrogen-bond donors (Lipinski definition) is 1. The van der Waals surface area contributed by atoms with E-state index in [-0.39, 0.29) is 0 Å². The quantitative estimate of drug-likeness (QED) is 0.877. The second kappa shape index (κ2) is 5.64. The number of nitrogens with zero attached hydrogens (tertiary/aromatic N) is 1. The summed E-state index contributed by atoms with van der Waals surface area (Å²) in [4.78, 5) is 2.56. The number of likely N-dealkylation sites (N-methyl/N-ethyl adjacent to an activating group) is 1. The van der Waals surface area contributed by atoms with Gasteiger partial charge in [0.1, 0.15) is 0 Å². The monoisotopic (exact) mass is 258 g/mol.